The lowest BCUT2D eigenvalue weighted by Crippen LogP contribution is -2.59. The van der Waals surface area contributed by atoms with Gasteiger partial charge >= 0.3 is 0 Å². The Balaban J connectivity index is 2.34. The van der Waals surface area contributed by atoms with Crippen LogP contribution in [-0.4, -0.2) is 87.5 Å². The zero-order valence-corrected chi connectivity index (χ0v) is 18.1. The summed E-state index contributed by atoms with van der Waals surface area (Å²) in [5.74, 6) is -11.2. The van der Waals surface area contributed by atoms with Crippen LogP contribution in [0.3, 0.4) is 0 Å². The summed E-state index contributed by atoms with van der Waals surface area (Å²) in [6.07, 6.45) is 3.33. The minimum absolute atomic E-state index is 0.347. The van der Waals surface area contributed by atoms with E-state index >= 15 is 0 Å². The van der Waals surface area contributed by atoms with Crippen molar-refractivity contribution in [1.82, 2.24) is 4.90 Å². The van der Waals surface area contributed by atoms with E-state index in [1.165, 1.54) is 0 Å². The Hall–Kier alpha value is -2.06. The van der Waals surface area contributed by atoms with Gasteiger partial charge in [0.1, 0.15) is 5.60 Å². The second-order valence-electron chi connectivity index (χ2n) is 8.52. The summed E-state index contributed by atoms with van der Waals surface area (Å²) in [5, 5.41) is 101. The summed E-state index contributed by atoms with van der Waals surface area (Å²) < 4.78 is 5.46. The summed E-state index contributed by atoms with van der Waals surface area (Å²) in [7, 11) is 0. The summed E-state index contributed by atoms with van der Waals surface area (Å²) in [5.41, 5.74) is -2.72. The van der Waals surface area contributed by atoms with Crippen LogP contribution in [0.15, 0.2) is 0 Å². The minimum atomic E-state index is -2.60. The normalized spacial score (nSPS) is 18.1. The third-order valence-electron chi connectivity index (χ3n) is 5.89. The number of ether oxygens (including phenoxy) is 1. The van der Waals surface area contributed by atoms with Gasteiger partial charge in [-0.15, -0.1) is 0 Å². The van der Waals surface area contributed by atoms with Crippen molar-refractivity contribution >= 4 is 0 Å². The Labute approximate surface area is 184 Å². The molecule has 1 atom stereocenters. The standard InChI is InChI=1S/C20H33NO11/c1-18(27,28)21(19(2,29)30)8-9-32-10-20(31,11-6-4-3-5-7-11)12-13(22)15(24)17(26)16(25)14(12)23/h11,22-31H,3-10H2,1-2H3. The lowest BCUT2D eigenvalue weighted by atomic mass is 9.73. The third kappa shape index (κ3) is 5.29. The lowest BCUT2D eigenvalue weighted by Gasteiger charge is -2.41. The summed E-state index contributed by atoms with van der Waals surface area (Å²) in [6.45, 7) is 0.498. The van der Waals surface area contributed by atoms with E-state index < -0.39 is 70.8 Å². The molecule has 0 spiro atoms. The van der Waals surface area contributed by atoms with Gasteiger partial charge in [0.15, 0.2) is 11.5 Å². The van der Waals surface area contributed by atoms with Crippen LogP contribution in [0.4, 0.5) is 0 Å². The van der Waals surface area contributed by atoms with Crippen LogP contribution < -0.4 is 0 Å². The average molecular weight is 463 g/mol. The molecule has 12 nitrogen and oxygen atoms in total. The predicted octanol–water partition coefficient (Wildman–Crippen LogP) is -0.382. The highest BCUT2D eigenvalue weighted by atomic mass is 16.6. The van der Waals surface area contributed by atoms with Gasteiger partial charge in [-0.1, -0.05) is 19.3 Å². The van der Waals surface area contributed by atoms with Crippen LogP contribution in [0.5, 0.6) is 28.7 Å². The molecule has 1 saturated carbocycles. The van der Waals surface area contributed by atoms with Crippen LogP contribution >= 0.6 is 0 Å². The fraction of sp³-hybridized carbons (Fsp3) is 0.700. The molecule has 1 fully saturated rings. The maximum Gasteiger partial charge on any atom is 0.226 e. The number of phenols is 5. The minimum Gasteiger partial charge on any atom is -0.504 e. The van der Waals surface area contributed by atoms with Crippen molar-refractivity contribution in [1.29, 1.82) is 0 Å². The van der Waals surface area contributed by atoms with Crippen molar-refractivity contribution in [3.8, 4) is 28.7 Å². The first kappa shape index (κ1) is 26.2. The molecule has 1 aromatic rings. The third-order valence-corrected chi connectivity index (χ3v) is 5.89. The van der Waals surface area contributed by atoms with E-state index in [1.54, 1.807) is 0 Å². The number of nitrogens with zero attached hydrogens (tertiary/aromatic N) is 1. The Bertz CT molecular complexity index is 753. The van der Waals surface area contributed by atoms with E-state index in [0.717, 1.165) is 33.1 Å². The molecule has 2 rings (SSSR count). The molecule has 0 amide bonds. The van der Waals surface area contributed by atoms with E-state index in [4.69, 9.17) is 4.74 Å². The van der Waals surface area contributed by atoms with Crippen LogP contribution in [0.25, 0.3) is 0 Å². The Morgan fingerprint density at radius 3 is 1.62 bits per heavy atom. The van der Waals surface area contributed by atoms with Gasteiger partial charge in [0, 0.05) is 20.4 Å². The molecule has 184 valence electrons. The van der Waals surface area contributed by atoms with Gasteiger partial charge < -0.3 is 55.8 Å². The second kappa shape index (κ2) is 9.43. The molecular formula is C20H33NO11. The lowest BCUT2D eigenvalue weighted by molar-refractivity contribution is -0.372. The number of benzene rings is 1. The molecule has 1 aliphatic carbocycles. The molecule has 0 saturated heterocycles. The fourth-order valence-electron chi connectivity index (χ4n) is 4.28. The van der Waals surface area contributed by atoms with Crippen LogP contribution in [0, 0.1) is 5.92 Å². The smallest absolute Gasteiger partial charge is 0.226 e. The Kier molecular flexibility index (Phi) is 7.72. The van der Waals surface area contributed by atoms with Crippen molar-refractivity contribution in [2.75, 3.05) is 19.8 Å². The molecule has 0 radical (unpaired) electrons. The molecule has 0 aromatic heterocycles. The molecule has 10 N–H and O–H groups in total. The highest BCUT2D eigenvalue weighted by molar-refractivity contribution is 5.69. The van der Waals surface area contributed by atoms with Crippen molar-refractivity contribution in [2.24, 2.45) is 5.92 Å². The summed E-state index contributed by atoms with van der Waals surface area (Å²) in [6, 6.07) is 0. The van der Waals surface area contributed by atoms with Gasteiger partial charge in [-0.2, -0.15) is 4.90 Å². The molecule has 0 bridgehead atoms. The van der Waals surface area contributed by atoms with Gasteiger partial charge in [-0.25, -0.2) is 0 Å². The number of aliphatic hydroxyl groups is 5. The van der Waals surface area contributed by atoms with E-state index in [-0.39, 0.29) is 6.61 Å². The zero-order chi connectivity index (χ0) is 24.5. The quantitative estimate of drug-likeness (QED) is 0.0981. The highest BCUT2D eigenvalue weighted by Crippen LogP contribution is 2.56. The maximum absolute atomic E-state index is 11.5. The monoisotopic (exact) mass is 463 g/mol. The van der Waals surface area contributed by atoms with Crippen molar-refractivity contribution < 1.29 is 55.8 Å². The first-order valence-electron chi connectivity index (χ1n) is 10.3. The molecular weight excluding hydrogens is 430 g/mol. The van der Waals surface area contributed by atoms with Crippen molar-refractivity contribution in [2.45, 2.75) is 63.4 Å². The molecule has 0 heterocycles. The first-order chi connectivity index (χ1) is 14.6. The summed E-state index contributed by atoms with van der Waals surface area (Å²) in [4.78, 5) is 0.507. The second-order valence-corrected chi connectivity index (χ2v) is 8.52. The summed E-state index contributed by atoms with van der Waals surface area (Å²) >= 11 is 0. The average Bonchev–Trinajstić information content (AvgIpc) is 2.69. The van der Waals surface area contributed by atoms with Crippen molar-refractivity contribution in [3.63, 3.8) is 0 Å². The van der Waals surface area contributed by atoms with E-state index in [9.17, 15) is 51.1 Å². The molecule has 1 unspecified atom stereocenters. The fourth-order valence-corrected chi connectivity index (χ4v) is 4.28. The van der Waals surface area contributed by atoms with Gasteiger partial charge in [-0.05, 0) is 18.8 Å². The predicted molar refractivity (Wildman–Crippen MR) is 108 cm³/mol. The number of aromatic hydroxyl groups is 5. The molecule has 32 heavy (non-hydrogen) atoms. The van der Waals surface area contributed by atoms with E-state index in [2.05, 4.69) is 0 Å². The molecule has 0 aliphatic heterocycles. The van der Waals surface area contributed by atoms with Crippen LogP contribution in [-0.2, 0) is 10.3 Å². The van der Waals surface area contributed by atoms with Crippen LogP contribution in [0.1, 0.15) is 51.5 Å². The first-order valence-corrected chi connectivity index (χ1v) is 10.3. The Morgan fingerprint density at radius 1 is 0.750 bits per heavy atom. The molecule has 1 aromatic carbocycles. The van der Waals surface area contributed by atoms with Crippen LogP contribution in [0.2, 0.25) is 0 Å². The molecule has 1 aliphatic rings. The number of rotatable bonds is 9. The SMILES string of the molecule is CC(O)(O)N(CCOCC(O)(c1c(O)c(O)c(O)c(O)c1O)C1CCCCC1)C(C)(O)O. The number of hydrogen-bond acceptors (Lipinski definition) is 12. The largest absolute Gasteiger partial charge is 0.504 e. The van der Waals surface area contributed by atoms with E-state index in [1.807, 2.05) is 0 Å². The number of phenolic OH excluding ortho intramolecular Hbond substituents is 5. The van der Waals surface area contributed by atoms with Gasteiger partial charge in [0.05, 0.1) is 18.8 Å². The number of hydrogen-bond donors (Lipinski definition) is 10. The molecule has 12 heteroatoms. The van der Waals surface area contributed by atoms with E-state index in [0.29, 0.717) is 17.7 Å². The van der Waals surface area contributed by atoms with Gasteiger partial charge in [-0.3, -0.25) is 0 Å². The van der Waals surface area contributed by atoms with Gasteiger partial charge in [0.2, 0.25) is 29.1 Å². The highest BCUT2D eigenvalue weighted by Gasteiger charge is 2.46. The Morgan fingerprint density at radius 2 is 1.19 bits per heavy atom. The van der Waals surface area contributed by atoms with Crippen molar-refractivity contribution in [3.05, 3.63) is 5.56 Å². The topological polar surface area (TPSA) is 215 Å². The maximum atomic E-state index is 11.5. The zero-order valence-electron chi connectivity index (χ0n) is 18.1. The van der Waals surface area contributed by atoms with Gasteiger partial charge in [0.25, 0.3) is 0 Å².